The van der Waals surface area contributed by atoms with Crippen LogP contribution in [0.5, 0.6) is 0 Å². The molecule has 0 bridgehead atoms. The summed E-state index contributed by atoms with van der Waals surface area (Å²) in [5.74, 6) is 1.28. The molecule has 0 amide bonds. The zero-order chi connectivity index (χ0) is 14.5. The van der Waals surface area contributed by atoms with Gasteiger partial charge in [-0.1, -0.05) is 32.0 Å². The smallest absolute Gasteiger partial charge is 0.137 e. The lowest BCUT2D eigenvalue weighted by molar-refractivity contribution is -0.119. The zero-order valence-electron chi connectivity index (χ0n) is 12.8. The van der Waals surface area contributed by atoms with E-state index in [9.17, 15) is 4.79 Å². The molecule has 110 valence electrons. The molecule has 2 N–H and O–H groups in total. The molecule has 2 nitrogen and oxygen atoms in total. The van der Waals surface area contributed by atoms with E-state index in [-0.39, 0.29) is 0 Å². The summed E-state index contributed by atoms with van der Waals surface area (Å²) in [6.07, 6.45) is 5.89. The predicted molar refractivity (Wildman–Crippen MR) is 83.8 cm³/mol. The molecular weight excluding hydrogens is 246 g/mol. The first kappa shape index (κ1) is 15.2. The molecule has 2 rings (SSSR count). The normalized spacial score (nSPS) is 15.4. The van der Waals surface area contributed by atoms with E-state index in [0.717, 1.165) is 6.42 Å². The first-order valence-electron chi connectivity index (χ1n) is 7.91. The van der Waals surface area contributed by atoms with Crippen molar-refractivity contribution in [2.75, 3.05) is 6.54 Å². The SMILES string of the molecule is CC(C)CC(CN)CC(=O)Cc1ccc2c(c1)CCC2. The largest absolute Gasteiger partial charge is 0.330 e. The number of carbonyl (C=O) groups is 1. The van der Waals surface area contributed by atoms with Gasteiger partial charge in [0.05, 0.1) is 0 Å². The fourth-order valence-electron chi connectivity index (χ4n) is 3.29. The highest BCUT2D eigenvalue weighted by Crippen LogP contribution is 2.23. The van der Waals surface area contributed by atoms with E-state index in [1.807, 2.05) is 0 Å². The minimum atomic E-state index is 0.332. The summed E-state index contributed by atoms with van der Waals surface area (Å²) in [4.78, 5) is 12.2. The highest BCUT2D eigenvalue weighted by Gasteiger charge is 2.16. The molecule has 0 saturated carbocycles. The van der Waals surface area contributed by atoms with Crippen molar-refractivity contribution in [2.24, 2.45) is 17.6 Å². The molecular formula is C18H27NO. The molecule has 2 heteroatoms. The van der Waals surface area contributed by atoms with Crippen molar-refractivity contribution >= 4 is 5.78 Å². The van der Waals surface area contributed by atoms with Gasteiger partial charge in [-0.2, -0.15) is 0 Å². The average molecular weight is 273 g/mol. The number of nitrogens with two attached hydrogens (primary N) is 1. The zero-order valence-corrected chi connectivity index (χ0v) is 12.8. The van der Waals surface area contributed by atoms with E-state index >= 15 is 0 Å². The third kappa shape index (κ3) is 4.17. The summed E-state index contributed by atoms with van der Waals surface area (Å²) in [7, 11) is 0. The molecule has 0 spiro atoms. The molecule has 0 aliphatic heterocycles. The van der Waals surface area contributed by atoms with Crippen LogP contribution >= 0.6 is 0 Å². The van der Waals surface area contributed by atoms with Crippen molar-refractivity contribution in [1.29, 1.82) is 0 Å². The van der Waals surface area contributed by atoms with Crippen molar-refractivity contribution in [3.8, 4) is 0 Å². The highest BCUT2D eigenvalue weighted by molar-refractivity contribution is 5.81. The summed E-state index contributed by atoms with van der Waals surface area (Å²) in [5, 5.41) is 0. The van der Waals surface area contributed by atoms with E-state index in [1.165, 1.54) is 36.0 Å². The molecule has 0 heterocycles. The molecule has 0 saturated heterocycles. The van der Waals surface area contributed by atoms with Gasteiger partial charge in [-0.15, -0.1) is 0 Å². The topological polar surface area (TPSA) is 43.1 Å². The lowest BCUT2D eigenvalue weighted by Crippen LogP contribution is -2.20. The van der Waals surface area contributed by atoms with Gasteiger partial charge >= 0.3 is 0 Å². The first-order chi connectivity index (χ1) is 9.58. The van der Waals surface area contributed by atoms with Crippen molar-refractivity contribution in [3.05, 3.63) is 34.9 Å². The van der Waals surface area contributed by atoms with E-state index < -0.39 is 0 Å². The Labute approximate surface area is 122 Å². The summed E-state index contributed by atoms with van der Waals surface area (Å²) < 4.78 is 0. The molecule has 0 fully saturated rings. The van der Waals surface area contributed by atoms with Crippen LogP contribution in [0.1, 0.15) is 49.8 Å². The molecule has 20 heavy (non-hydrogen) atoms. The van der Waals surface area contributed by atoms with Crippen LogP contribution in [-0.2, 0) is 24.1 Å². The van der Waals surface area contributed by atoms with Gasteiger partial charge in [0.15, 0.2) is 0 Å². The van der Waals surface area contributed by atoms with E-state index in [0.29, 0.717) is 37.0 Å². The maximum Gasteiger partial charge on any atom is 0.137 e. The Kier molecular flexibility index (Phi) is 5.36. The van der Waals surface area contributed by atoms with Crippen LogP contribution in [0.2, 0.25) is 0 Å². The van der Waals surface area contributed by atoms with Crippen LogP contribution in [0.25, 0.3) is 0 Å². The van der Waals surface area contributed by atoms with Crippen LogP contribution in [0, 0.1) is 11.8 Å². The van der Waals surface area contributed by atoms with Gasteiger partial charge in [0.1, 0.15) is 5.78 Å². The van der Waals surface area contributed by atoms with Crippen LogP contribution in [0.15, 0.2) is 18.2 Å². The van der Waals surface area contributed by atoms with Crippen molar-refractivity contribution in [2.45, 2.75) is 52.4 Å². The van der Waals surface area contributed by atoms with Crippen LogP contribution < -0.4 is 5.73 Å². The summed E-state index contributed by atoms with van der Waals surface area (Å²) >= 11 is 0. The fraction of sp³-hybridized carbons (Fsp3) is 0.611. The molecule has 0 radical (unpaired) electrons. The number of fused-ring (bicyclic) bond motifs is 1. The number of carbonyl (C=O) groups excluding carboxylic acids is 1. The van der Waals surface area contributed by atoms with Crippen LogP contribution in [0.4, 0.5) is 0 Å². The molecule has 1 aliphatic rings. The number of hydrogen-bond acceptors (Lipinski definition) is 2. The number of ketones is 1. The number of Topliss-reactive ketones (excluding diaryl/α,β-unsaturated/α-hetero) is 1. The lowest BCUT2D eigenvalue weighted by Gasteiger charge is -2.16. The van der Waals surface area contributed by atoms with Gasteiger partial charge < -0.3 is 5.73 Å². The monoisotopic (exact) mass is 273 g/mol. The molecule has 1 aromatic rings. The summed E-state index contributed by atoms with van der Waals surface area (Å²) in [6.45, 7) is 5.00. The molecule has 1 aliphatic carbocycles. The Morgan fingerprint density at radius 3 is 2.70 bits per heavy atom. The van der Waals surface area contributed by atoms with E-state index in [1.54, 1.807) is 0 Å². The number of aryl methyl sites for hydroxylation is 2. The molecule has 0 aromatic heterocycles. The Hall–Kier alpha value is -1.15. The second-order valence-electron chi connectivity index (χ2n) is 6.61. The van der Waals surface area contributed by atoms with Crippen molar-refractivity contribution in [1.82, 2.24) is 0 Å². The first-order valence-corrected chi connectivity index (χ1v) is 7.91. The molecule has 1 atom stereocenters. The average Bonchev–Trinajstić information content (AvgIpc) is 2.84. The minimum absolute atomic E-state index is 0.332. The van der Waals surface area contributed by atoms with Gasteiger partial charge in [-0.05, 0) is 60.8 Å². The van der Waals surface area contributed by atoms with Gasteiger partial charge in [0.2, 0.25) is 0 Å². The Morgan fingerprint density at radius 2 is 2.00 bits per heavy atom. The maximum absolute atomic E-state index is 12.2. The standard InChI is InChI=1S/C18H27NO/c1-13(2)8-15(12-19)11-18(20)10-14-6-7-16-4-3-5-17(16)9-14/h6-7,9,13,15H,3-5,8,10-12,19H2,1-2H3. The second-order valence-corrected chi connectivity index (χ2v) is 6.61. The van der Waals surface area contributed by atoms with Gasteiger partial charge in [0, 0.05) is 12.8 Å². The molecule has 1 unspecified atom stereocenters. The third-order valence-electron chi connectivity index (χ3n) is 4.22. The minimum Gasteiger partial charge on any atom is -0.330 e. The lowest BCUT2D eigenvalue weighted by atomic mass is 9.90. The fourth-order valence-corrected chi connectivity index (χ4v) is 3.29. The number of hydrogen-bond donors (Lipinski definition) is 1. The second kappa shape index (κ2) is 7.03. The number of rotatable bonds is 7. The van der Waals surface area contributed by atoms with Gasteiger partial charge in [-0.25, -0.2) is 0 Å². The third-order valence-corrected chi connectivity index (χ3v) is 4.22. The Balaban J connectivity index is 1.90. The Morgan fingerprint density at radius 1 is 1.25 bits per heavy atom. The van der Waals surface area contributed by atoms with Crippen LogP contribution in [-0.4, -0.2) is 12.3 Å². The summed E-state index contributed by atoms with van der Waals surface area (Å²) in [5.41, 5.74) is 9.89. The maximum atomic E-state index is 12.2. The van der Waals surface area contributed by atoms with Gasteiger partial charge in [-0.3, -0.25) is 4.79 Å². The predicted octanol–water partition coefficient (Wildman–Crippen LogP) is 3.30. The van der Waals surface area contributed by atoms with E-state index in [2.05, 4.69) is 32.0 Å². The quantitative estimate of drug-likeness (QED) is 0.828. The number of benzene rings is 1. The Bertz CT molecular complexity index is 464. The van der Waals surface area contributed by atoms with Crippen LogP contribution in [0.3, 0.4) is 0 Å². The van der Waals surface area contributed by atoms with Gasteiger partial charge in [0.25, 0.3) is 0 Å². The summed E-state index contributed by atoms with van der Waals surface area (Å²) in [6, 6.07) is 6.57. The van der Waals surface area contributed by atoms with Crippen molar-refractivity contribution in [3.63, 3.8) is 0 Å². The van der Waals surface area contributed by atoms with E-state index in [4.69, 9.17) is 5.73 Å². The van der Waals surface area contributed by atoms with Crippen molar-refractivity contribution < 1.29 is 4.79 Å². The highest BCUT2D eigenvalue weighted by atomic mass is 16.1. The molecule has 1 aromatic carbocycles.